The molecule has 0 bridgehead atoms. The van der Waals surface area contributed by atoms with Crippen molar-refractivity contribution in [3.8, 4) is 11.8 Å². The molecular weight excluding hydrogens is 328 g/mol. The molecule has 106 valence electrons. The second-order valence-corrected chi connectivity index (χ2v) is 5.88. The second-order valence-electron chi connectivity index (χ2n) is 5.02. The molecule has 0 saturated carbocycles. The van der Waals surface area contributed by atoms with Gasteiger partial charge in [0.05, 0.1) is 18.2 Å². The van der Waals surface area contributed by atoms with Gasteiger partial charge in [0.15, 0.2) is 0 Å². The number of nitrogens with one attached hydrogen (secondary N) is 1. The molecule has 0 saturated heterocycles. The van der Waals surface area contributed by atoms with E-state index in [2.05, 4.69) is 45.5 Å². The van der Waals surface area contributed by atoms with E-state index in [0.717, 1.165) is 41.9 Å². The molecule has 0 amide bonds. The first-order valence-corrected chi connectivity index (χ1v) is 7.74. The standard InChI is InChI=1S/C17H15BrN2O/c18-15-10-13(11-19)1-3-16(15)20-7-5-12-2-4-17-14(9-12)6-8-21-17/h1-4,9-10,20H,5-8H2. The van der Waals surface area contributed by atoms with E-state index in [1.165, 1.54) is 11.1 Å². The van der Waals surface area contributed by atoms with Crippen LogP contribution < -0.4 is 10.1 Å². The lowest BCUT2D eigenvalue weighted by molar-refractivity contribution is 0.357. The number of fused-ring (bicyclic) bond motifs is 1. The predicted molar refractivity (Wildman–Crippen MR) is 86.7 cm³/mol. The van der Waals surface area contributed by atoms with Crippen LogP contribution in [0.25, 0.3) is 0 Å². The zero-order valence-corrected chi connectivity index (χ0v) is 13.1. The maximum Gasteiger partial charge on any atom is 0.122 e. The quantitative estimate of drug-likeness (QED) is 0.916. The van der Waals surface area contributed by atoms with Crippen LogP contribution in [0.5, 0.6) is 5.75 Å². The van der Waals surface area contributed by atoms with Crippen molar-refractivity contribution in [3.05, 3.63) is 57.6 Å². The number of hydrogen-bond donors (Lipinski definition) is 1. The van der Waals surface area contributed by atoms with Gasteiger partial charge in [0.1, 0.15) is 5.75 Å². The number of nitriles is 1. The highest BCUT2D eigenvalue weighted by Crippen LogP contribution is 2.26. The molecule has 0 spiro atoms. The van der Waals surface area contributed by atoms with Crippen LogP contribution in [-0.4, -0.2) is 13.2 Å². The number of rotatable bonds is 4. The van der Waals surface area contributed by atoms with Gasteiger partial charge in [-0.3, -0.25) is 0 Å². The Morgan fingerprint density at radius 3 is 2.95 bits per heavy atom. The molecule has 0 fully saturated rings. The van der Waals surface area contributed by atoms with Crippen molar-refractivity contribution < 1.29 is 4.74 Å². The first-order chi connectivity index (χ1) is 10.3. The molecule has 1 heterocycles. The summed E-state index contributed by atoms with van der Waals surface area (Å²) >= 11 is 3.48. The Morgan fingerprint density at radius 2 is 2.14 bits per heavy atom. The number of anilines is 1. The van der Waals surface area contributed by atoms with Crippen molar-refractivity contribution in [2.75, 3.05) is 18.5 Å². The van der Waals surface area contributed by atoms with Crippen molar-refractivity contribution in [1.29, 1.82) is 5.26 Å². The molecule has 3 nitrogen and oxygen atoms in total. The average molecular weight is 343 g/mol. The van der Waals surface area contributed by atoms with E-state index in [9.17, 15) is 0 Å². The molecule has 4 heteroatoms. The van der Waals surface area contributed by atoms with Crippen LogP contribution in [0.1, 0.15) is 16.7 Å². The zero-order valence-electron chi connectivity index (χ0n) is 11.5. The molecule has 1 aliphatic rings. The maximum absolute atomic E-state index is 8.85. The van der Waals surface area contributed by atoms with Gasteiger partial charge >= 0.3 is 0 Å². The third-order valence-corrected chi connectivity index (χ3v) is 4.24. The summed E-state index contributed by atoms with van der Waals surface area (Å²) in [4.78, 5) is 0. The molecule has 0 unspecified atom stereocenters. The lowest BCUT2D eigenvalue weighted by atomic mass is 10.1. The summed E-state index contributed by atoms with van der Waals surface area (Å²) in [6, 6.07) is 14.1. The topological polar surface area (TPSA) is 45.0 Å². The van der Waals surface area contributed by atoms with E-state index in [0.29, 0.717) is 5.56 Å². The molecule has 2 aromatic carbocycles. The van der Waals surface area contributed by atoms with E-state index in [1.54, 1.807) is 0 Å². The summed E-state index contributed by atoms with van der Waals surface area (Å²) in [7, 11) is 0. The zero-order chi connectivity index (χ0) is 14.7. The van der Waals surface area contributed by atoms with E-state index in [4.69, 9.17) is 10.00 Å². The number of hydrogen-bond acceptors (Lipinski definition) is 3. The van der Waals surface area contributed by atoms with Gasteiger partial charge in [-0.2, -0.15) is 5.26 Å². The van der Waals surface area contributed by atoms with Crippen molar-refractivity contribution in [2.45, 2.75) is 12.8 Å². The molecule has 1 N–H and O–H groups in total. The van der Waals surface area contributed by atoms with E-state index in [-0.39, 0.29) is 0 Å². The minimum absolute atomic E-state index is 0.658. The molecule has 1 aliphatic heterocycles. The van der Waals surface area contributed by atoms with Crippen molar-refractivity contribution in [2.24, 2.45) is 0 Å². The van der Waals surface area contributed by atoms with Gasteiger partial charge in [0.2, 0.25) is 0 Å². The lowest BCUT2D eigenvalue weighted by Gasteiger charge is -2.09. The van der Waals surface area contributed by atoms with Crippen molar-refractivity contribution in [1.82, 2.24) is 0 Å². The highest BCUT2D eigenvalue weighted by molar-refractivity contribution is 9.10. The molecule has 2 aromatic rings. The van der Waals surface area contributed by atoms with Crippen LogP contribution >= 0.6 is 15.9 Å². The Morgan fingerprint density at radius 1 is 1.24 bits per heavy atom. The van der Waals surface area contributed by atoms with Gasteiger partial charge in [-0.25, -0.2) is 0 Å². The molecule has 0 atom stereocenters. The fourth-order valence-corrected chi connectivity index (χ4v) is 2.98. The van der Waals surface area contributed by atoms with Gasteiger partial charge < -0.3 is 10.1 Å². The van der Waals surface area contributed by atoms with Crippen LogP contribution in [0.4, 0.5) is 5.69 Å². The highest BCUT2D eigenvalue weighted by atomic mass is 79.9. The fourth-order valence-electron chi connectivity index (χ4n) is 2.46. The highest BCUT2D eigenvalue weighted by Gasteiger charge is 2.11. The van der Waals surface area contributed by atoms with Crippen molar-refractivity contribution in [3.63, 3.8) is 0 Å². The van der Waals surface area contributed by atoms with Crippen LogP contribution in [-0.2, 0) is 12.8 Å². The third kappa shape index (κ3) is 3.20. The summed E-state index contributed by atoms with van der Waals surface area (Å²) in [5.41, 5.74) is 4.30. The minimum Gasteiger partial charge on any atom is -0.493 e. The third-order valence-electron chi connectivity index (χ3n) is 3.58. The Hall–Kier alpha value is -1.99. The molecule has 3 rings (SSSR count). The van der Waals surface area contributed by atoms with Crippen molar-refractivity contribution >= 4 is 21.6 Å². The number of benzene rings is 2. The van der Waals surface area contributed by atoms with Gasteiger partial charge in [-0.05, 0) is 57.7 Å². The van der Waals surface area contributed by atoms with E-state index >= 15 is 0 Å². The largest absolute Gasteiger partial charge is 0.493 e. The van der Waals surface area contributed by atoms with Gasteiger partial charge in [-0.1, -0.05) is 12.1 Å². The molecular formula is C17H15BrN2O. The summed E-state index contributed by atoms with van der Waals surface area (Å²) in [6.45, 7) is 1.65. The summed E-state index contributed by atoms with van der Waals surface area (Å²) in [5.74, 6) is 1.03. The maximum atomic E-state index is 8.85. The molecule has 0 aromatic heterocycles. The Balaban J connectivity index is 1.60. The molecule has 0 aliphatic carbocycles. The van der Waals surface area contributed by atoms with Gasteiger partial charge in [-0.15, -0.1) is 0 Å². The first-order valence-electron chi connectivity index (χ1n) is 6.94. The van der Waals surface area contributed by atoms with Gasteiger partial charge in [0, 0.05) is 23.1 Å². The number of nitrogens with zero attached hydrogens (tertiary/aromatic N) is 1. The number of ether oxygens (including phenoxy) is 1. The normalized spacial score (nSPS) is 12.4. The number of halogens is 1. The second kappa shape index (κ2) is 6.19. The van der Waals surface area contributed by atoms with E-state index < -0.39 is 0 Å². The van der Waals surface area contributed by atoms with Gasteiger partial charge in [0.25, 0.3) is 0 Å². The average Bonchev–Trinajstić information content (AvgIpc) is 2.96. The summed E-state index contributed by atoms with van der Waals surface area (Å²) in [6.07, 6.45) is 1.97. The molecule has 0 radical (unpaired) electrons. The summed E-state index contributed by atoms with van der Waals surface area (Å²) in [5, 5.41) is 12.2. The SMILES string of the molecule is N#Cc1ccc(NCCc2ccc3c(c2)CCO3)c(Br)c1. The Bertz CT molecular complexity index is 706. The van der Waals surface area contributed by atoms with Crippen LogP contribution in [0, 0.1) is 11.3 Å². The Labute approximate surface area is 132 Å². The Kier molecular flexibility index (Phi) is 4.12. The lowest BCUT2D eigenvalue weighted by Crippen LogP contribution is -2.05. The predicted octanol–water partition coefficient (Wildman–Crippen LogP) is 3.91. The van der Waals surface area contributed by atoms with Crippen LogP contribution in [0.2, 0.25) is 0 Å². The summed E-state index contributed by atoms with van der Waals surface area (Å²) < 4.78 is 6.44. The molecule has 21 heavy (non-hydrogen) atoms. The fraction of sp³-hybridized carbons (Fsp3) is 0.235. The minimum atomic E-state index is 0.658. The smallest absolute Gasteiger partial charge is 0.122 e. The van der Waals surface area contributed by atoms with Crippen LogP contribution in [0.3, 0.4) is 0 Å². The van der Waals surface area contributed by atoms with Crippen LogP contribution in [0.15, 0.2) is 40.9 Å². The monoisotopic (exact) mass is 342 g/mol. The first kappa shape index (κ1) is 14.0. The van der Waals surface area contributed by atoms with E-state index in [1.807, 2.05) is 18.2 Å².